The molecule has 1 unspecified atom stereocenters. The normalized spacial score (nSPS) is 11.8. The Morgan fingerprint density at radius 1 is 1.27 bits per heavy atom. The van der Waals surface area contributed by atoms with Crippen molar-refractivity contribution in [2.75, 3.05) is 11.9 Å². The Bertz CT molecular complexity index is 628. The third-order valence-electron chi connectivity index (χ3n) is 3.10. The fourth-order valence-corrected chi connectivity index (χ4v) is 2.11. The van der Waals surface area contributed by atoms with E-state index in [2.05, 4.69) is 5.32 Å². The molecule has 0 saturated heterocycles. The van der Waals surface area contributed by atoms with Gasteiger partial charge in [0.2, 0.25) is 0 Å². The van der Waals surface area contributed by atoms with Gasteiger partial charge in [0.25, 0.3) is 5.91 Å². The predicted octanol–water partition coefficient (Wildman–Crippen LogP) is 3.28. The Hall–Kier alpha value is -2.04. The lowest BCUT2D eigenvalue weighted by atomic mass is 10.1. The van der Waals surface area contributed by atoms with Gasteiger partial charge in [0, 0.05) is 17.3 Å². The molecule has 22 heavy (non-hydrogen) atoms. The van der Waals surface area contributed by atoms with Crippen LogP contribution in [-0.2, 0) is 11.2 Å². The van der Waals surface area contributed by atoms with Crippen LogP contribution in [0, 0.1) is 0 Å². The van der Waals surface area contributed by atoms with Gasteiger partial charge in [-0.15, -0.1) is 0 Å². The lowest BCUT2D eigenvalue weighted by Gasteiger charge is -2.15. The first-order chi connectivity index (χ1) is 10.6. The van der Waals surface area contributed by atoms with E-state index in [1.807, 2.05) is 12.1 Å². The van der Waals surface area contributed by atoms with Gasteiger partial charge in [0.1, 0.15) is 5.75 Å². The minimum absolute atomic E-state index is 0.107. The van der Waals surface area contributed by atoms with E-state index in [-0.39, 0.29) is 12.5 Å². The molecule has 0 aromatic heterocycles. The van der Waals surface area contributed by atoms with Crippen molar-refractivity contribution in [2.45, 2.75) is 19.4 Å². The molecule has 2 aromatic rings. The first-order valence-corrected chi connectivity index (χ1v) is 7.39. The molecule has 0 aliphatic rings. The van der Waals surface area contributed by atoms with Crippen LogP contribution in [0.25, 0.3) is 0 Å². The predicted molar refractivity (Wildman–Crippen MR) is 87.4 cm³/mol. The standard InChI is InChI=1S/C17H18ClNO3/c1-12(22-16-4-2-3-14(18)11-16)17(21)19-15-7-5-13(6-8-15)9-10-20/h2-8,11-12,20H,9-10H2,1H3,(H,19,21). The summed E-state index contributed by atoms with van der Waals surface area (Å²) in [6.07, 6.45) is -0.0433. The number of carbonyl (C=O) groups is 1. The number of hydrogen-bond acceptors (Lipinski definition) is 3. The summed E-state index contributed by atoms with van der Waals surface area (Å²) in [6, 6.07) is 14.3. The van der Waals surface area contributed by atoms with Gasteiger partial charge in [-0.2, -0.15) is 0 Å². The average molecular weight is 320 g/mol. The summed E-state index contributed by atoms with van der Waals surface area (Å²) in [7, 11) is 0. The van der Waals surface area contributed by atoms with E-state index in [0.717, 1.165) is 5.56 Å². The number of hydrogen-bond donors (Lipinski definition) is 2. The minimum atomic E-state index is -0.643. The molecule has 0 saturated carbocycles. The van der Waals surface area contributed by atoms with Crippen molar-refractivity contribution < 1.29 is 14.6 Å². The minimum Gasteiger partial charge on any atom is -0.481 e. The molecule has 5 heteroatoms. The molecule has 2 N–H and O–H groups in total. The van der Waals surface area contributed by atoms with Crippen LogP contribution in [0.15, 0.2) is 48.5 Å². The number of nitrogens with one attached hydrogen (secondary N) is 1. The Morgan fingerprint density at radius 3 is 2.64 bits per heavy atom. The molecule has 0 aliphatic heterocycles. The quantitative estimate of drug-likeness (QED) is 0.859. The summed E-state index contributed by atoms with van der Waals surface area (Å²) in [5, 5.41) is 12.2. The first-order valence-electron chi connectivity index (χ1n) is 7.01. The van der Waals surface area contributed by atoms with Gasteiger partial charge >= 0.3 is 0 Å². The molecule has 0 spiro atoms. The molecule has 0 heterocycles. The van der Waals surface area contributed by atoms with Crippen molar-refractivity contribution in [1.29, 1.82) is 0 Å². The zero-order valence-corrected chi connectivity index (χ0v) is 13.0. The first kappa shape index (κ1) is 16.3. The van der Waals surface area contributed by atoms with Crippen LogP contribution >= 0.6 is 11.6 Å². The lowest BCUT2D eigenvalue weighted by Crippen LogP contribution is -2.30. The summed E-state index contributed by atoms with van der Waals surface area (Å²) in [6.45, 7) is 1.78. The maximum atomic E-state index is 12.1. The largest absolute Gasteiger partial charge is 0.481 e. The third-order valence-corrected chi connectivity index (χ3v) is 3.34. The van der Waals surface area contributed by atoms with Crippen molar-refractivity contribution >= 4 is 23.2 Å². The van der Waals surface area contributed by atoms with E-state index < -0.39 is 6.10 Å². The number of amides is 1. The molecule has 2 rings (SSSR count). The Morgan fingerprint density at radius 2 is 2.00 bits per heavy atom. The number of aliphatic hydroxyl groups excluding tert-OH is 1. The Balaban J connectivity index is 1.93. The van der Waals surface area contributed by atoms with Gasteiger partial charge in [-0.3, -0.25) is 4.79 Å². The van der Waals surface area contributed by atoms with Gasteiger partial charge in [0.15, 0.2) is 6.10 Å². The summed E-state index contributed by atoms with van der Waals surface area (Å²) in [5.74, 6) is 0.309. The van der Waals surface area contributed by atoms with E-state index in [4.69, 9.17) is 21.4 Å². The second kappa shape index (κ2) is 7.82. The van der Waals surface area contributed by atoms with Crippen LogP contribution in [0.1, 0.15) is 12.5 Å². The molecular weight excluding hydrogens is 302 g/mol. The highest BCUT2D eigenvalue weighted by Gasteiger charge is 2.15. The van der Waals surface area contributed by atoms with Crippen molar-refractivity contribution in [1.82, 2.24) is 0 Å². The second-order valence-corrected chi connectivity index (χ2v) is 5.31. The van der Waals surface area contributed by atoms with E-state index in [9.17, 15) is 4.79 Å². The van der Waals surface area contributed by atoms with Crippen molar-refractivity contribution in [3.63, 3.8) is 0 Å². The molecule has 0 fully saturated rings. The zero-order chi connectivity index (χ0) is 15.9. The monoisotopic (exact) mass is 319 g/mol. The van der Waals surface area contributed by atoms with E-state index in [0.29, 0.717) is 22.9 Å². The number of aliphatic hydroxyl groups is 1. The lowest BCUT2D eigenvalue weighted by molar-refractivity contribution is -0.122. The summed E-state index contributed by atoms with van der Waals surface area (Å²) in [5.41, 5.74) is 1.71. The molecule has 116 valence electrons. The Kier molecular flexibility index (Phi) is 5.81. The number of ether oxygens (including phenoxy) is 1. The number of benzene rings is 2. The smallest absolute Gasteiger partial charge is 0.265 e. The number of rotatable bonds is 6. The molecule has 0 aliphatic carbocycles. The van der Waals surface area contributed by atoms with Crippen LogP contribution in [0.5, 0.6) is 5.75 Å². The Labute approximate surface area is 134 Å². The fourth-order valence-electron chi connectivity index (χ4n) is 1.93. The van der Waals surface area contributed by atoms with E-state index >= 15 is 0 Å². The third kappa shape index (κ3) is 4.76. The van der Waals surface area contributed by atoms with Gasteiger partial charge in [-0.25, -0.2) is 0 Å². The van der Waals surface area contributed by atoms with Gasteiger partial charge in [0.05, 0.1) is 0 Å². The van der Waals surface area contributed by atoms with Crippen molar-refractivity contribution in [3.05, 3.63) is 59.1 Å². The van der Waals surface area contributed by atoms with E-state index in [1.54, 1.807) is 43.3 Å². The molecule has 1 amide bonds. The molecule has 1 atom stereocenters. The molecule has 2 aromatic carbocycles. The molecule has 4 nitrogen and oxygen atoms in total. The highest BCUT2D eigenvalue weighted by Crippen LogP contribution is 2.19. The number of halogens is 1. The van der Waals surface area contributed by atoms with Gasteiger partial charge in [-0.1, -0.05) is 29.8 Å². The summed E-state index contributed by atoms with van der Waals surface area (Å²) >= 11 is 5.88. The summed E-state index contributed by atoms with van der Waals surface area (Å²) < 4.78 is 5.56. The molecular formula is C17H18ClNO3. The average Bonchev–Trinajstić information content (AvgIpc) is 2.49. The molecule has 0 bridgehead atoms. The topological polar surface area (TPSA) is 58.6 Å². The SMILES string of the molecule is CC(Oc1cccc(Cl)c1)C(=O)Nc1ccc(CCO)cc1. The maximum Gasteiger partial charge on any atom is 0.265 e. The molecule has 0 radical (unpaired) electrons. The van der Waals surface area contributed by atoms with Crippen LogP contribution in [0.4, 0.5) is 5.69 Å². The van der Waals surface area contributed by atoms with Crippen LogP contribution in [-0.4, -0.2) is 23.7 Å². The fraction of sp³-hybridized carbons (Fsp3) is 0.235. The highest BCUT2D eigenvalue weighted by atomic mass is 35.5. The van der Waals surface area contributed by atoms with Gasteiger partial charge < -0.3 is 15.2 Å². The van der Waals surface area contributed by atoms with Crippen LogP contribution < -0.4 is 10.1 Å². The number of anilines is 1. The van der Waals surface area contributed by atoms with E-state index in [1.165, 1.54) is 0 Å². The van der Waals surface area contributed by atoms with Gasteiger partial charge in [-0.05, 0) is 49.2 Å². The van der Waals surface area contributed by atoms with Crippen LogP contribution in [0.3, 0.4) is 0 Å². The van der Waals surface area contributed by atoms with Crippen molar-refractivity contribution in [2.24, 2.45) is 0 Å². The second-order valence-electron chi connectivity index (χ2n) is 4.88. The highest BCUT2D eigenvalue weighted by molar-refractivity contribution is 6.30. The maximum absolute atomic E-state index is 12.1. The van der Waals surface area contributed by atoms with Crippen LogP contribution in [0.2, 0.25) is 5.02 Å². The summed E-state index contributed by atoms with van der Waals surface area (Å²) in [4.78, 5) is 12.1. The zero-order valence-electron chi connectivity index (χ0n) is 12.3. The van der Waals surface area contributed by atoms with Crippen molar-refractivity contribution in [3.8, 4) is 5.75 Å². The number of carbonyl (C=O) groups excluding carboxylic acids is 1.